The number of hydrogen-bond acceptors (Lipinski definition) is 2. The summed E-state index contributed by atoms with van der Waals surface area (Å²) in [7, 11) is 0. The third-order valence-corrected chi connectivity index (χ3v) is 5.06. The first-order valence-corrected chi connectivity index (χ1v) is 10.3. The van der Waals surface area contributed by atoms with Gasteiger partial charge in [-0.1, -0.05) is 54.4 Å². The Labute approximate surface area is 181 Å². The highest BCUT2D eigenvalue weighted by molar-refractivity contribution is 6.35. The molecule has 7 heteroatoms. The number of nitrogens with zero attached hydrogens (tertiary/aromatic N) is 1. The second kappa shape index (κ2) is 10.6. The maximum atomic E-state index is 14.1. The lowest BCUT2D eigenvalue weighted by Crippen LogP contribution is -2.50. The van der Waals surface area contributed by atoms with Crippen LogP contribution in [0.3, 0.4) is 0 Å². The fraction of sp³-hybridized carbons (Fsp3) is 0.364. The van der Waals surface area contributed by atoms with E-state index in [1.807, 2.05) is 20.8 Å². The van der Waals surface area contributed by atoms with Crippen molar-refractivity contribution in [2.45, 2.75) is 52.2 Å². The number of amides is 2. The van der Waals surface area contributed by atoms with Gasteiger partial charge in [0.15, 0.2) is 0 Å². The summed E-state index contributed by atoms with van der Waals surface area (Å²) in [4.78, 5) is 27.4. The minimum atomic E-state index is -0.705. The fourth-order valence-corrected chi connectivity index (χ4v) is 3.51. The summed E-state index contributed by atoms with van der Waals surface area (Å²) < 4.78 is 14.1. The molecule has 0 aliphatic rings. The molecular formula is C22H25Cl2FN2O2. The van der Waals surface area contributed by atoms with Crippen molar-refractivity contribution < 1.29 is 14.0 Å². The molecule has 0 fully saturated rings. The summed E-state index contributed by atoms with van der Waals surface area (Å²) in [5.74, 6) is -1.06. The molecule has 0 unspecified atom stereocenters. The van der Waals surface area contributed by atoms with Gasteiger partial charge in [0.2, 0.25) is 11.8 Å². The van der Waals surface area contributed by atoms with Crippen molar-refractivity contribution in [3.8, 4) is 0 Å². The average Bonchev–Trinajstić information content (AvgIpc) is 2.64. The standard InChI is InChI=1S/C22H25Cl2FN2O2/c1-4-20(22(29)26-14(2)3)27(13-16-9-10-17(23)12-18(16)24)21(28)11-15-7-5-6-8-19(15)25/h5-10,12,14,20H,4,11,13H2,1-3H3,(H,26,29)/t20-/m0/s1. The van der Waals surface area contributed by atoms with Gasteiger partial charge in [0.1, 0.15) is 11.9 Å². The topological polar surface area (TPSA) is 49.4 Å². The number of nitrogens with one attached hydrogen (secondary N) is 1. The largest absolute Gasteiger partial charge is 0.352 e. The van der Waals surface area contributed by atoms with E-state index in [1.165, 1.54) is 11.0 Å². The van der Waals surface area contributed by atoms with E-state index in [-0.39, 0.29) is 36.4 Å². The molecule has 0 heterocycles. The lowest BCUT2D eigenvalue weighted by molar-refractivity contribution is -0.141. The van der Waals surface area contributed by atoms with Crippen molar-refractivity contribution in [1.82, 2.24) is 10.2 Å². The third-order valence-electron chi connectivity index (χ3n) is 4.47. The monoisotopic (exact) mass is 438 g/mol. The second-order valence-electron chi connectivity index (χ2n) is 7.11. The highest BCUT2D eigenvalue weighted by atomic mass is 35.5. The van der Waals surface area contributed by atoms with Crippen LogP contribution in [0.4, 0.5) is 4.39 Å². The van der Waals surface area contributed by atoms with Crippen LogP contribution in [0.1, 0.15) is 38.3 Å². The van der Waals surface area contributed by atoms with Crippen molar-refractivity contribution >= 4 is 35.0 Å². The van der Waals surface area contributed by atoms with Gasteiger partial charge in [0.05, 0.1) is 6.42 Å². The van der Waals surface area contributed by atoms with Gasteiger partial charge in [-0.25, -0.2) is 4.39 Å². The normalized spacial score (nSPS) is 12.0. The Morgan fingerprint density at radius 3 is 2.38 bits per heavy atom. The predicted octanol–water partition coefficient (Wildman–Crippen LogP) is 5.01. The molecule has 0 radical (unpaired) electrons. The number of benzene rings is 2. The molecule has 1 N–H and O–H groups in total. The first-order valence-electron chi connectivity index (χ1n) is 9.50. The lowest BCUT2D eigenvalue weighted by atomic mass is 10.1. The van der Waals surface area contributed by atoms with Crippen molar-refractivity contribution in [1.29, 1.82) is 0 Å². The van der Waals surface area contributed by atoms with Crippen LogP contribution < -0.4 is 5.32 Å². The Morgan fingerprint density at radius 1 is 1.10 bits per heavy atom. The van der Waals surface area contributed by atoms with E-state index in [9.17, 15) is 14.0 Å². The van der Waals surface area contributed by atoms with Gasteiger partial charge in [0, 0.05) is 22.6 Å². The number of halogens is 3. The van der Waals surface area contributed by atoms with Gasteiger partial charge >= 0.3 is 0 Å². The zero-order valence-electron chi connectivity index (χ0n) is 16.7. The molecule has 4 nitrogen and oxygen atoms in total. The summed E-state index contributed by atoms with van der Waals surface area (Å²) >= 11 is 12.3. The summed E-state index contributed by atoms with van der Waals surface area (Å²) in [5.41, 5.74) is 0.942. The van der Waals surface area contributed by atoms with Crippen LogP contribution in [-0.2, 0) is 22.6 Å². The van der Waals surface area contributed by atoms with E-state index < -0.39 is 11.9 Å². The zero-order valence-corrected chi connectivity index (χ0v) is 18.2. The van der Waals surface area contributed by atoms with Crippen LogP contribution in [0.15, 0.2) is 42.5 Å². The fourth-order valence-electron chi connectivity index (χ4n) is 3.04. The van der Waals surface area contributed by atoms with E-state index in [0.29, 0.717) is 22.0 Å². The van der Waals surface area contributed by atoms with Crippen LogP contribution in [0, 0.1) is 5.82 Å². The smallest absolute Gasteiger partial charge is 0.243 e. The van der Waals surface area contributed by atoms with Crippen LogP contribution in [0.25, 0.3) is 0 Å². The second-order valence-corrected chi connectivity index (χ2v) is 7.96. The minimum absolute atomic E-state index is 0.0702. The maximum absolute atomic E-state index is 14.1. The highest BCUT2D eigenvalue weighted by Gasteiger charge is 2.29. The Kier molecular flexibility index (Phi) is 8.47. The molecule has 0 saturated heterocycles. The molecule has 29 heavy (non-hydrogen) atoms. The molecule has 2 amide bonds. The SMILES string of the molecule is CC[C@@H](C(=O)NC(C)C)N(Cc1ccc(Cl)cc1Cl)C(=O)Cc1ccccc1F. The van der Waals surface area contributed by atoms with Crippen molar-refractivity contribution in [2.75, 3.05) is 0 Å². The third kappa shape index (κ3) is 6.44. The molecule has 2 aromatic rings. The van der Waals surface area contributed by atoms with Crippen LogP contribution in [-0.4, -0.2) is 28.8 Å². The Morgan fingerprint density at radius 2 is 1.79 bits per heavy atom. The molecule has 0 spiro atoms. The Balaban J connectivity index is 2.36. The zero-order chi connectivity index (χ0) is 21.6. The minimum Gasteiger partial charge on any atom is -0.352 e. The number of carbonyl (C=O) groups is 2. The molecular weight excluding hydrogens is 414 g/mol. The van der Waals surface area contributed by atoms with Crippen LogP contribution in [0.2, 0.25) is 10.0 Å². The molecule has 156 valence electrons. The van der Waals surface area contributed by atoms with E-state index in [4.69, 9.17) is 23.2 Å². The van der Waals surface area contributed by atoms with Gasteiger partial charge in [-0.3, -0.25) is 9.59 Å². The van der Waals surface area contributed by atoms with Gasteiger partial charge in [-0.15, -0.1) is 0 Å². The Hall–Kier alpha value is -2.11. The molecule has 0 bridgehead atoms. The number of hydrogen-bond donors (Lipinski definition) is 1. The van der Waals surface area contributed by atoms with Crippen LogP contribution in [0.5, 0.6) is 0 Å². The van der Waals surface area contributed by atoms with E-state index >= 15 is 0 Å². The molecule has 0 aromatic heterocycles. The summed E-state index contributed by atoms with van der Waals surface area (Å²) in [6, 6.07) is 10.3. The first kappa shape index (κ1) is 23.2. The Bertz CT molecular complexity index is 874. The molecule has 0 aliphatic carbocycles. The molecule has 0 aliphatic heterocycles. The molecule has 0 saturated carbocycles. The average molecular weight is 439 g/mol. The van der Waals surface area contributed by atoms with Gasteiger partial charge in [-0.05, 0) is 49.6 Å². The van der Waals surface area contributed by atoms with Crippen LogP contribution >= 0.6 is 23.2 Å². The molecule has 1 atom stereocenters. The van der Waals surface area contributed by atoms with Crippen molar-refractivity contribution in [2.24, 2.45) is 0 Å². The maximum Gasteiger partial charge on any atom is 0.243 e. The van der Waals surface area contributed by atoms with Crippen molar-refractivity contribution in [3.63, 3.8) is 0 Å². The first-order chi connectivity index (χ1) is 13.7. The van der Waals surface area contributed by atoms with Gasteiger partial charge in [-0.2, -0.15) is 0 Å². The highest BCUT2D eigenvalue weighted by Crippen LogP contribution is 2.24. The summed E-state index contributed by atoms with van der Waals surface area (Å²) in [5, 5.41) is 3.74. The summed E-state index contributed by atoms with van der Waals surface area (Å²) in [6.07, 6.45) is 0.260. The lowest BCUT2D eigenvalue weighted by Gasteiger charge is -2.31. The predicted molar refractivity (Wildman–Crippen MR) is 114 cm³/mol. The van der Waals surface area contributed by atoms with E-state index in [2.05, 4.69) is 5.32 Å². The van der Waals surface area contributed by atoms with E-state index in [0.717, 1.165) is 0 Å². The number of rotatable bonds is 8. The molecule has 2 rings (SSSR count). The quantitative estimate of drug-likeness (QED) is 0.629. The molecule has 2 aromatic carbocycles. The summed E-state index contributed by atoms with van der Waals surface area (Å²) in [6.45, 7) is 5.66. The number of carbonyl (C=O) groups excluding carboxylic acids is 2. The van der Waals surface area contributed by atoms with Crippen molar-refractivity contribution in [3.05, 3.63) is 69.5 Å². The van der Waals surface area contributed by atoms with Gasteiger partial charge < -0.3 is 10.2 Å². The van der Waals surface area contributed by atoms with Gasteiger partial charge in [0.25, 0.3) is 0 Å². The van der Waals surface area contributed by atoms with E-state index in [1.54, 1.807) is 36.4 Å².